The van der Waals surface area contributed by atoms with Gasteiger partial charge in [-0.3, -0.25) is 14.5 Å². The fourth-order valence-corrected chi connectivity index (χ4v) is 2.85. The number of nitrogens with two attached hydrogens (primary N) is 1. The van der Waals surface area contributed by atoms with Gasteiger partial charge in [-0.15, -0.1) is 0 Å². The fraction of sp³-hybridized carbons (Fsp3) is 0.529. The van der Waals surface area contributed by atoms with Crippen LogP contribution in [0.25, 0.3) is 0 Å². The molecule has 0 unspecified atom stereocenters. The topological polar surface area (TPSA) is 78.7 Å². The van der Waals surface area contributed by atoms with Gasteiger partial charge in [-0.1, -0.05) is 0 Å². The number of piperidine rings is 1. The molecule has 6 heteroatoms. The number of nitrogens with zero attached hydrogens (tertiary/aromatic N) is 2. The lowest BCUT2D eigenvalue weighted by Crippen LogP contribution is -2.49. The second-order valence-corrected chi connectivity index (χ2v) is 6.34. The Morgan fingerprint density at radius 3 is 2.52 bits per heavy atom. The van der Waals surface area contributed by atoms with E-state index >= 15 is 0 Å². The summed E-state index contributed by atoms with van der Waals surface area (Å²) < 4.78 is 0. The molecule has 23 heavy (non-hydrogen) atoms. The van der Waals surface area contributed by atoms with E-state index in [-0.39, 0.29) is 23.8 Å². The van der Waals surface area contributed by atoms with E-state index < -0.39 is 0 Å². The number of hydrogen-bond donors (Lipinski definition) is 2. The lowest BCUT2D eigenvalue weighted by Gasteiger charge is -2.34. The third kappa shape index (κ3) is 4.45. The predicted molar refractivity (Wildman–Crippen MR) is 92.4 cm³/mol. The normalized spacial score (nSPS) is 19.9. The smallest absolute Gasteiger partial charge is 0.241 e. The van der Waals surface area contributed by atoms with Crippen LogP contribution < -0.4 is 16.0 Å². The Morgan fingerprint density at radius 2 is 1.96 bits per heavy atom. The van der Waals surface area contributed by atoms with Gasteiger partial charge >= 0.3 is 0 Å². The first-order valence-electron chi connectivity index (χ1n) is 8.00. The maximum atomic E-state index is 12.4. The molecule has 0 bridgehead atoms. The molecule has 1 saturated heterocycles. The second-order valence-electron chi connectivity index (χ2n) is 6.34. The Hall–Kier alpha value is -2.08. The minimum atomic E-state index is -0.286. The first kappa shape index (κ1) is 17.3. The molecule has 0 aliphatic carbocycles. The fourth-order valence-electron chi connectivity index (χ4n) is 2.85. The van der Waals surface area contributed by atoms with Crippen LogP contribution in [0.5, 0.6) is 0 Å². The Labute approximate surface area is 137 Å². The van der Waals surface area contributed by atoms with Gasteiger partial charge in [0.15, 0.2) is 0 Å². The molecule has 3 N–H and O–H groups in total. The van der Waals surface area contributed by atoms with Crippen LogP contribution in [0.3, 0.4) is 0 Å². The van der Waals surface area contributed by atoms with Crippen molar-refractivity contribution in [1.29, 1.82) is 0 Å². The number of carbonyl (C=O) groups is 2. The van der Waals surface area contributed by atoms with Crippen LogP contribution in [0.15, 0.2) is 24.3 Å². The second kappa shape index (κ2) is 7.46. The van der Waals surface area contributed by atoms with Crippen molar-refractivity contribution in [3.8, 4) is 0 Å². The molecule has 0 aromatic heterocycles. The molecule has 126 valence electrons. The predicted octanol–water partition coefficient (Wildman–Crippen LogP) is 1.28. The van der Waals surface area contributed by atoms with Gasteiger partial charge in [-0.25, -0.2) is 0 Å². The summed E-state index contributed by atoms with van der Waals surface area (Å²) in [6.07, 6.45) is 1.70. The Balaban J connectivity index is 1.95. The van der Waals surface area contributed by atoms with E-state index in [2.05, 4.69) is 5.32 Å². The van der Waals surface area contributed by atoms with Crippen molar-refractivity contribution in [2.24, 2.45) is 11.7 Å². The summed E-state index contributed by atoms with van der Waals surface area (Å²) in [4.78, 5) is 27.8. The van der Waals surface area contributed by atoms with Gasteiger partial charge in [0.05, 0.1) is 12.0 Å². The molecule has 1 fully saturated rings. The van der Waals surface area contributed by atoms with Gasteiger partial charge in [0.1, 0.15) is 0 Å². The lowest BCUT2D eigenvalue weighted by molar-refractivity contribution is -0.127. The minimum Gasteiger partial charge on any atom is -0.378 e. The van der Waals surface area contributed by atoms with Gasteiger partial charge in [0, 0.05) is 32.0 Å². The summed E-state index contributed by atoms with van der Waals surface area (Å²) in [5.74, 6) is -0.493. The van der Waals surface area contributed by atoms with E-state index in [1.807, 2.05) is 55.1 Å². The largest absolute Gasteiger partial charge is 0.378 e. The molecular formula is C17H26N4O2. The number of nitrogens with one attached hydrogen (secondary N) is 1. The summed E-state index contributed by atoms with van der Waals surface area (Å²) >= 11 is 0. The maximum Gasteiger partial charge on any atom is 0.241 e. The zero-order valence-corrected chi connectivity index (χ0v) is 14.1. The first-order chi connectivity index (χ1) is 10.9. The number of rotatable bonds is 5. The van der Waals surface area contributed by atoms with Crippen LogP contribution >= 0.6 is 0 Å². The molecule has 0 saturated carbocycles. The number of benzene rings is 1. The highest BCUT2D eigenvalue weighted by Gasteiger charge is 2.29. The van der Waals surface area contributed by atoms with Crippen molar-refractivity contribution in [3.05, 3.63) is 24.3 Å². The molecule has 2 amide bonds. The number of hydrogen-bond acceptors (Lipinski definition) is 4. The zero-order chi connectivity index (χ0) is 17.0. The monoisotopic (exact) mass is 318 g/mol. The average Bonchev–Trinajstić information content (AvgIpc) is 2.54. The van der Waals surface area contributed by atoms with E-state index in [0.717, 1.165) is 30.8 Å². The summed E-state index contributed by atoms with van der Waals surface area (Å²) in [5, 5.41) is 2.93. The molecule has 6 nitrogen and oxygen atoms in total. The van der Waals surface area contributed by atoms with E-state index in [4.69, 9.17) is 5.73 Å². The summed E-state index contributed by atoms with van der Waals surface area (Å²) in [6, 6.07) is 7.42. The van der Waals surface area contributed by atoms with Crippen molar-refractivity contribution in [1.82, 2.24) is 4.90 Å². The molecule has 2 atom stereocenters. The molecule has 1 aliphatic rings. The van der Waals surface area contributed by atoms with Crippen molar-refractivity contribution >= 4 is 23.2 Å². The Morgan fingerprint density at radius 1 is 1.30 bits per heavy atom. The molecule has 0 spiro atoms. The van der Waals surface area contributed by atoms with Crippen LogP contribution in [0.2, 0.25) is 0 Å². The molecule has 0 radical (unpaired) electrons. The highest BCUT2D eigenvalue weighted by molar-refractivity contribution is 5.94. The van der Waals surface area contributed by atoms with Crippen LogP contribution in [0.4, 0.5) is 11.4 Å². The third-order valence-corrected chi connectivity index (χ3v) is 4.43. The van der Waals surface area contributed by atoms with Gasteiger partial charge in [-0.05, 0) is 50.6 Å². The van der Waals surface area contributed by atoms with E-state index in [1.165, 1.54) is 0 Å². The number of carbonyl (C=O) groups excluding carboxylic acids is 2. The number of anilines is 2. The quantitative estimate of drug-likeness (QED) is 0.857. The molecule has 1 aromatic rings. The van der Waals surface area contributed by atoms with Gasteiger partial charge < -0.3 is 16.0 Å². The summed E-state index contributed by atoms with van der Waals surface area (Å²) in [7, 11) is 3.95. The average molecular weight is 318 g/mol. The first-order valence-corrected chi connectivity index (χ1v) is 8.00. The van der Waals surface area contributed by atoms with Gasteiger partial charge in [-0.2, -0.15) is 0 Å². The van der Waals surface area contributed by atoms with Crippen molar-refractivity contribution in [2.75, 3.05) is 37.4 Å². The van der Waals surface area contributed by atoms with E-state index in [9.17, 15) is 9.59 Å². The maximum absolute atomic E-state index is 12.4. The van der Waals surface area contributed by atoms with E-state index in [1.54, 1.807) is 0 Å². The van der Waals surface area contributed by atoms with Gasteiger partial charge in [0.2, 0.25) is 11.8 Å². The summed E-state index contributed by atoms with van der Waals surface area (Å²) in [6.45, 7) is 3.24. The van der Waals surface area contributed by atoms with Crippen LogP contribution in [0, 0.1) is 5.92 Å². The zero-order valence-electron chi connectivity index (χ0n) is 14.1. The highest BCUT2D eigenvalue weighted by atomic mass is 16.2. The Bertz CT molecular complexity index is 556. The molecule has 2 rings (SSSR count). The lowest BCUT2D eigenvalue weighted by atomic mass is 9.96. The van der Waals surface area contributed by atoms with Crippen molar-refractivity contribution in [3.63, 3.8) is 0 Å². The van der Waals surface area contributed by atoms with Crippen molar-refractivity contribution < 1.29 is 9.59 Å². The molecule has 1 aromatic carbocycles. The molecular weight excluding hydrogens is 292 g/mol. The van der Waals surface area contributed by atoms with Gasteiger partial charge in [0.25, 0.3) is 0 Å². The molecule has 1 aliphatic heterocycles. The number of primary amides is 1. The Kier molecular flexibility index (Phi) is 5.60. The number of likely N-dealkylation sites (tertiary alicyclic amines) is 1. The van der Waals surface area contributed by atoms with Crippen LogP contribution in [0.1, 0.15) is 19.8 Å². The summed E-state index contributed by atoms with van der Waals surface area (Å²) in [5.41, 5.74) is 7.25. The van der Waals surface area contributed by atoms with Crippen molar-refractivity contribution in [2.45, 2.75) is 25.8 Å². The number of amides is 2. The highest BCUT2D eigenvalue weighted by Crippen LogP contribution is 2.20. The van der Waals surface area contributed by atoms with Crippen LogP contribution in [-0.4, -0.2) is 49.9 Å². The standard InChI is InChI=1S/C17H26N4O2/c1-12(21-10-4-5-13(11-21)16(18)22)17(23)19-14-6-8-15(9-7-14)20(2)3/h6-9,12-13H,4-5,10-11H2,1-3H3,(H2,18,22)(H,19,23)/t12-,13-/m1/s1. The third-order valence-electron chi connectivity index (χ3n) is 4.43. The van der Waals surface area contributed by atoms with E-state index in [0.29, 0.717) is 6.54 Å². The minimum absolute atomic E-state index is 0.0623. The molecule has 1 heterocycles. The van der Waals surface area contributed by atoms with Crippen LogP contribution in [-0.2, 0) is 9.59 Å². The SMILES string of the molecule is C[C@H](C(=O)Nc1ccc(N(C)C)cc1)N1CCC[C@@H](C(N)=O)C1.